The number of hydrogen-bond donors (Lipinski definition) is 0. The quantitative estimate of drug-likeness (QED) is 0.104. The monoisotopic (exact) mass is 706 g/mol. The molecular weight excluding hydrogens is 641 g/mol. The summed E-state index contributed by atoms with van der Waals surface area (Å²) in [5.74, 6) is 0. The average molecular weight is 708 g/mol. The van der Waals surface area contributed by atoms with Crippen molar-refractivity contribution in [3.05, 3.63) is 0 Å². The van der Waals surface area contributed by atoms with Crippen LogP contribution in [0.1, 0.15) is 0 Å². The van der Waals surface area contributed by atoms with E-state index >= 15 is 0 Å². The van der Waals surface area contributed by atoms with Crippen LogP contribution in [-0.2, 0) is 24.7 Å². The van der Waals surface area contributed by atoms with Crippen LogP contribution in [0.4, 0.5) is 0 Å². The van der Waals surface area contributed by atoms with Gasteiger partial charge in [-0.15, -0.1) is 0 Å². The zero-order chi connectivity index (χ0) is 30.1. The molecule has 0 aromatic heterocycles. The summed E-state index contributed by atoms with van der Waals surface area (Å²) in [7, 11) is -14.4. The van der Waals surface area contributed by atoms with Crippen molar-refractivity contribution in [2.24, 2.45) is 0 Å². The van der Waals surface area contributed by atoms with Gasteiger partial charge in [0.1, 0.15) is 29.3 Å². The summed E-state index contributed by atoms with van der Waals surface area (Å²) < 4.78 is 40.1. The standard InChI is InChI=1S/C22H66O6Si10/c1-32(2,3)23-29-17-20-35(10,11)26-38(16,27-36(12,13)21-18-30-24-33(4,5)6)28-37(14,15)22-19-31-25-34(7,8)9/h17-22,29-31H2,1-16H3. The molecule has 0 aromatic carbocycles. The third kappa shape index (κ3) is 23.5. The van der Waals surface area contributed by atoms with Gasteiger partial charge in [0, 0.05) is 6.55 Å². The summed E-state index contributed by atoms with van der Waals surface area (Å²) in [6.07, 6.45) is 0. The van der Waals surface area contributed by atoms with Gasteiger partial charge in [-0.25, -0.2) is 0 Å². The van der Waals surface area contributed by atoms with Crippen LogP contribution in [0.15, 0.2) is 0 Å². The Morgan fingerprint density at radius 1 is 0.368 bits per heavy atom. The Morgan fingerprint density at radius 2 is 0.579 bits per heavy atom. The summed E-state index contributed by atoms with van der Waals surface area (Å²) in [4.78, 5) is 0. The molecule has 0 amide bonds. The van der Waals surface area contributed by atoms with Gasteiger partial charge in [-0.3, -0.25) is 0 Å². The molecule has 0 spiro atoms. The molecule has 0 unspecified atom stereocenters. The molecule has 0 saturated heterocycles. The van der Waals surface area contributed by atoms with Crippen molar-refractivity contribution in [3.8, 4) is 0 Å². The fourth-order valence-corrected chi connectivity index (χ4v) is 40.3. The lowest BCUT2D eigenvalue weighted by molar-refractivity contribution is 0.258. The minimum atomic E-state index is -2.81. The van der Waals surface area contributed by atoms with Crippen LogP contribution in [-0.4, -0.2) is 88.0 Å². The normalized spacial score (nSPS) is 17.1. The fourth-order valence-electron chi connectivity index (χ4n) is 4.35. The molecule has 38 heavy (non-hydrogen) atoms. The van der Waals surface area contributed by atoms with E-state index in [9.17, 15) is 0 Å². The summed E-state index contributed by atoms with van der Waals surface area (Å²) in [6, 6.07) is 6.98. The van der Waals surface area contributed by atoms with Crippen LogP contribution in [0.2, 0.25) is 141 Å². The molecule has 0 aliphatic rings. The van der Waals surface area contributed by atoms with E-state index in [0.29, 0.717) is 0 Å². The Morgan fingerprint density at radius 3 is 0.763 bits per heavy atom. The maximum Gasteiger partial charge on any atom is 0.466 e. The molecule has 6 nitrogen and oxygen atoms in total. The molecule has 0 N–H and O–H groups in total. The Kier molecular flexibility index (Phi) is 16.9. The van der Waals surface area contributed by atoms with Crippen molar-refractivity contribution < 1.29 is 24.7 Å². The van der Waals surface area contributed by atoms with E-state index in [1.54, 1.807) is 0 Å². The summed E-state index contributed by atoms with van der Waals surface area (Å²) >= 11 is 0. The van der Waals surface area contributed by atoms with E-state index in [0.717, 1.165) is 18.1 Å². The van der Waals surface area contributed by atoms with Crippen LogP contribution >= 0.6 is 0 Å². The van der Waals surface area contributed by atoms with Gasteiger partial charge in [-0.2, -0.15) is 0 Å². The van der Waals surface area contributed by atoms with Crippen LogP contribution in [0.25, 0.3) is 0 Å². The maximum absolute atomic E-state index is 7.11. The SMILES string of the molecule is C[Si](C)(C)O[SiH2]CC[Si](C)(C)O[Si](C)(O[Si](C)(C)CC[SiH2]O[Si](C)(C)C)O[Si](C)(C)CC[SiH2]O[Si](C)(C)C. The lowest BCUT2D eigenvalue weighted by Crippen LogP contribution is -2.60. The summed E-state index contributed by atoms with van der Waals surface area (Å²) in [5.41, 5.74) is 0. The number of hydrogen-bond acceptors (Lipinski definition) is 6. The maximum atomic E-state index is 7.11. The average Bonchev–Trinajstić information content (AvgIpc) is 2.62. The van der Waals surface area contributed by atoms with Gasteiger partial charge < -0.3 is 24.7 Å². The molecule has 0 aliphatic carbocycles. The number of rotatable bonds is 21. The minimum absolute atomic E-state index is 0.489. The predicted octanol–water partition coefficient (Wildman–Crippen LogP) is 6.28. The Hall–Kier alpha value is 1.93. The first-order valence-electron chi connectivity index (χ1n) is 14.8. The van der Waals surface area contributed by atoms with Gasteiger partial charge in [-0.05, 0) is 134 Å². The van der Waals surface area contributed by atoms with E-state index in [-0.39, 0.29) is 0 Å². The lowest BCUT2D eigenvalue weighted by Gasteiger charge is -2.43. The second-order valence-corrected chi connectivity index (χ2v) is 51.4. The molecule has 0 aromatic rings. The summed E-state index contributed by atoms with van der Waals surface area (Å²) in [5, 5.41) is 0. The van der Waals surface area contributed by atoms with Crippen LogP contribution in [0.3, 0.4) is 0 Å². The molecule has 0 saturated carbocycles. The molecule has 0 heterocycles. The molecule has 0 radical (unpaired) electrons. The van der Waals surface area contributed by atoms with Crippen molar-refractivity contribution in [1.29, 1.82) is 0 Å². The van der Waals surface area contributed by atoms with Crippen LogP contribution < -0.4 is 0 Å². The van der Waals surface area contributed by atoms with Crippen LogP contribution in [0.5, 0.6) is 0 Å². The zero-order valence-electron chi connectivity index (χ0n) is 28.3. The van der Waals surface area contributed by atoms with E-state index < -0.39 is 88.0 Å². The van der Waals surface area contributed by atoms with Crippen LogP contribution in [0, 0.1) is 0 Å². The summed E-state index contributed by atoms with van der Waals surface area (Å²) in [6.45, 7) is 37.0. The van der Waals surface area contributed by atoms with Crippen molar-refractivity contribution in [2.75, 3.05) is 0 Å². The van der Waals surface area contributed by atoms with Gasteiger partial charge in [0.05, 0.1) is 0 Å². The molecule has 0 atom stereocenters. The van der Waals surface area contributed by atoms with Crippen molar-refractivity contribution in [2.45, 2.75) is 141 Å². The first-order chi connectivity index (χ1) is 16.7. The Balaban J connectivity index is 5.44. The highest BCUT2D eigenvalue weighted by molar-refractivity contribution is 6.90. The molecule has 16 heteroatoms. The predicted molar refractivity (Wildman–Crippen MR) is 195 cm³/mol. The van der Waals surface area contributed by atoms with Crippen molar-refractivity contribution in [3.63, 3.8) is 0 Å². The van der Waals surface area contributed by atoms with E-state index in [1.165, 1.54) is 18.1 Å². The van der Waals surface area contributed by atoms with E-state index in [2.05, 4.69) is 105 Å². The molecule has 230 valence electrons. The molecule has 0 bridgehead atoms. The van der Waals surface area contributed by atoms with Crippen molar-refractivity contribution >= 4 is 88.0 Å². The third-order valence-corrected chi connectivity index (χ3v) is 38.4. The lowest BCUT2D eigenvalue weighted by atomic mass is 10.9. The largest absolute Gasteiger partial charge is 0.466 e. The Labute approximate surface area is 252 Å². The second kappa shape index (κ2) is 16.1. The minimum Gasteiger partial charge on any atom is -0.461 e. The third-order valence-electron chi connectivity index (χ3n) is 5.76. The van der Waals surface area contributed by atoms with Gasteiger partial charge in [0.15, 0.2) is 49.9 Å². The Bertz CT molecular complexity index is 587. The highest BCUT2D eigenvalue weighted by atomic mass is 28.5. The van der Waals surface area contributed by atoms with Gasteiger partial charge >= 0.3 is 8.80 Å². The van der Waals surface area contributed by atoms with E-state index in [1.807, 2.05) is 0 Å². The van der Waals surface area contributed by atoms with Gasteiger partial charge in [-0.1, -0.05) is 0 Å². The van der Waals surface area contributed by atoms with Crippen molar-refractivity contribution in [1.82, 2.24) is 0 Å². The smallest absolute Gasteiger partial charge is 0.461 e. The van der Waals surface area contributed by atoms with Gasteiger partial charge in [0.2, 0.25) is 0 Å². The van der Waals surface area contributed by atoms with E-state index in [4.69, 9.17) is 24.7 Å². The topological polar surface area (TPSA) is 55.4 Å². The zero-order valence-corrected chi connectivity index (χ0v) is 39.6. The molecule has 0 rings (SSSR count). The first kappa shape index (κ1) is 39.9. The van der Waals surface area contributed by atoms with Gasteiger partial charge in [0.25, 0.3) is 0 Å². The molecule has 0 fully saturated rings. The molecule has 0 aliphatic heterocycles. The second-order valence-electron chi connectivity index (χ2n) is 15.6. The highest BCUT2D eigenvalue weighted by Gasteiger charge is 2.48. The fraction of sp³-hybridized carbons (Fsp3) is 1.00. The highest BCUT2D eigenvalue weighted by Crippen LogP contribution is 2.31. The molecular formula is C22H66O6Si10. The first-order valence-corrected chi connectivity index (χ1v) is 41.3.